The van der Waals surface area contributed by atoms with Gasteiger partial charge in [-0.25, -0.2) is 0 Å². The van der Waals surface area contributed by atoms with E-state index in [0.717, 1.165) is 22.3 Å². The Hall–Kier alpha value is -0.870. The van der Waals surface area contributed by atoms with Crippen LogP contribution in [0.1, 0.15) is 11.1 Å². The summed E-state index contributed by atoms with van der Waals surface area (Å²) in [6.07, 6.45) is 1.73. The second kappa shape index (κ2) is 7.06. The zero-order valence-electron chi connectivity index (χ0n) is 10.4. The maximum Gasteiger partial charge on any atom is 0.0408 e. The molecule has 0 amide bonds. The van der Waals surface area contributed by atoms with Crippen molar-refractivity contribution >= 4 is 27.5 Å². The van der Waals surface area contributed by atoms with Crippen molar-refractivity contribution in [2.45, 2.75) is 18.9 Å². The average molecular weight is 340 g/mol. The predicted octanol–water partition coefficient (Wildman–Crippen LogP) is 3.72. The van der Waals surface area contributed by atoms with Crippen molar-refractivity contribution in [3.8, 4) is 0 Å². The molecule has 0 aliphatic rings. The van der Waals surface area contributed by atoms with Crippen LogP contribution in [0.15, 0.2) is 53.0 Å². The van der Waals surface area contributed by atoms with Crippen LogP contribution in [0.5, 0.6) is 0 Å². The number of nitrogens with two attached hydrogens (primary N) is 1. The number of hydrogen-bond donors (Lipinski definition) is 2. The first-order valence-corrected chi connectivity index (χ1v) is 7.29. The highest BCUT2D eigenvalue weighted by Gasteiger charge is 2.09. The lowest BCUT2D eigenvalue weighted by atomic mass is 9.99. The van der Waals surface area contributed by atoms with Crippen LogP contribution in [0.25, 0.3) is 0 Å². The van der Waals surface area contributed by atoms with Gasteiger partial charge in [0.15, 0.2) is 0 Å². The summed E-state index contributed by atoms with van der Waals surface area (Å²) in [4.78, 5) is 0. The highest BCUT2D eigenvalue weighted by molar-refractivity contribution is 9.10. The predicted molar refractivity (Wildman–Crippen MR) is 84.1 cm³/mol. The van der Waals surface area contributed by atoms with E-state index in [4.69, 9.17) is 17.4 Å². The molecule has 2 aromatic carbocycles. The van der Waals surface area contributed by atoms with Crippen LogP contribution >= 0.6 is 27.5 Å². The van der Waals surface area contributed by atoms with Crippen molar-refractivity contribution in [2.24, 2.45) is 5.84 Å². The van der Waals surface area contributed by atoms with Crippen molar-refractivity contribution in [1.29, 1.82) is 0 Å². The van der Waals surface area contributed by atoms with Crippen LogP contribution in [0.3, 0.4) is 0 Å². The summed E-state index contributed by atoms with van der Waals surface area (Å²) in [7, 11) is 0. The van der Waals surface area contributed by atoms with Crippen LogP contribution < -0.4 is 11.3 Å². The summed E-state index contributed by atoms with van der Waals surface area (Å²) in [5.74, 6) is 5.65. The molecule has 19 heavy (non-hydrogen) atoms. The summed E-state index contributed by atoms with van der Waals surface area (Å²) >= 11 is 9.48. The second-order valence-electron chi connectivity index (χ2n) is 4.53. The maximum atomic E-state index is 5.99. The van der Waals surface area contributed by atoms with E-state index in [0.29, 0.717) is 0 Å². The Morgan fingerprint density at radius 2 is 1.68 bits per heavy atom. The fraction of sp³-hybridized carbons (Fsp3) is 0.200. The SMILES string of the molecule is NNC(Cc1cccc(Cl)c1)Cc1cccc(Br)c1. The molecule has 1 atom stereocenters. The van der Waals surface area contributed by atoms with Crippen molar-refractivity contribution in [1.82, 2.24) is 5.43 Å². The van der Waals surface area contributed by atoms with Gasteiger partial charge in [0.25, 0.3) is 0 Å². The van der Waals surface area contributed by atoms with E-state index in [1.165, 1.54) is 11.1 Å². The molecule has 0 aliphatic heterocycles. The van der Waals surface area contributed by atoms with Gasteiger partial charge in [0.1, 0.15) is 0 Å². The van der Waals surface area contributed by atoms with Gasteiger partial charge in [0, 0.05) is 15.5 Å². The van der Waals surface area contributed by atoms with Gasteiger partial charge in [0.2, 0.25) is 0 Å². The summed E-state index contributed by atoms with van der Waals surface area (Å²) in [6.45, 7) is 0. The molecule has 0 saturated carbocycles. The van der Waals surface area contributed by atoms with Crippen LogP contribution in [0, 0.1) is 0 Å². The third kappa shape index (κ3) is 4.62. The molecule has 0 radical (unpaired) electrons. The Kier molecular flexibility index (Phi) is 5.40. The number of nitrogens with one attached hydrogen (secondary N) is 1. The van der Waals surface area contributed by atoms with Gasteiger partial charge >= 0.3 is 0 Å². The minimum Gasteiger partial charge on any atom is -0.271 e. The topological polar surface area (TPSA) is 38.0 Å². The van der Waals surface area contributed by atoms with Gasteiger partial charge in [-0.3, -0.25) is 11.3 Å². The molecule has 3 N–H and O–H groups in total. The van der Waals surface area contributed by atoms with Gasteiger partial charge in [0.05, 0.1) is 0 Å². The van der Waals surface area contributed by atoms with E-state index < -0.39 is 0 Å². The fourth-order valence-electron chi connectivity index (χ4n) is 2.09. The van der Waals surface area contributed by atoms with Crippen molar-refractivity contribution in [3.05, 3.63) is 69.2 Å². The molecule has 0 bridgehead atoms. The van der Waals surface area contributed by atoms with Crippen molar-refractivity contribution in [3.63, 3.8) is 0 Å². The standard InChI is InChI=1S/C15H16BrClN2/c16-13-5-1-3-11(7-13)9-15(19-18)10-12-4-2-6-14(17)8-12/h1-8,15,19H,9-10,18H2. The van der Waals surface area contributed by atoms with Gasteiger partial charge in [-0.1, -0.05) is 51.8 Å². The van der Waals surface area contributed by atoms with E-state index in [1.807, 2.05) is 30.3 Å². The minimum absolute atomic E-state index is 0.188. The van der Waals surface area contributed by atoms with Gasteiger partial charge < -0.3 is 0 Å². The Morgan fingerprint density at radius 3 is 2.26 bits per heavy atom. The van der Waals surface area contributed by atoms with E-state index in [-0.39, 0.29) is 6.04 Å². The number of hydrogen-bond acceptors (Lipinski definition) is 2. The molecule has 0 saturated heterocycles. The van der Waals surface area contributed by atoms with Gasteiger partial charge in [-0.05, 0) is 48.2 Å². The van der Waals surface area contributed by atoms with E-state index in [1.54, 1.807) is 0 Å². The summed E-state index contributed by atoms with van der Waals surface area (Å²) in [5, 5.41) is 0.760. The van der Waals surface area contributed by atoms with E-state index >= 15 is 0 Å². The lowest BCUT2D eigenvalue weighted by Crippen LogP contribution is -2.38. The number of halogens is 2. The molecule has 0 fully saturated rings. The molecule has 0 aromatic heterocycles. The van der Waals surface area contributed by atoms with Crippen LogP contribution in [0.2, 0.25) is 5.02 Å². The van der Waals surface area contributed by atoms with Crippen LogP contribution in [-0.2, 0) is 12.8 Å². The molecular weight excluding hydrogens is 324 g/mol. The number of hydrazine groups is 1. The first-order valence-electron chi connectivity index (χ1n) is 6.12. The van der Waals surface area contributed by atoms with Crippen LogP contribution in [0.4, 0.5) is 0 Å². The lowest BCUT2D eigenvalue weighted by Gasteiger charge is -2.16. The van der Waals surface area contributed by atoms with Gasteiger partial charge in [-0.15, -0.1) is 0 Å². The molecule has 2 nitrogen and oxygen atoms in total. The Balaban J connectivity index is 2.04. The molecule has 100 valence electrons. The number of benzene rings is 2. The summed E-state index contributed by atoms with van der Waals surface area (Å²) in [5.41, 5.74) is 5.31. The van der Waals surface area contributed by atoms with E-state index in [2.05, 4.69) is 39.6 Å². The quantitative estimate of drug-likeness (QED) is 0.643. The lowest BCUT2D eigenvalue weighted by molar-refractivity contribution is 0.522. The highest BCUT2D eigenvalue weighted by atomic mass is 79.9. The summed E-state index contributed by atoms with van der Waals surface area (Å²) < 4.78 is 1.09. The normalized spacial score (nSPS) is 12.4. The Bertz CT molecular complexity index is 498. The molecule has 2 aromatic rings. The second-order valence-corrected chi connectivity index (χ2v) is 5.88. The molecule has 1 unspecified atom stereocenters. The van der Waals surface area contributed by atoms with Crippen molar-refractivity contribution in [2.75, 3.05) is 0 Å². The average Bonchev–Trinajstić information content (AvgIpc) is 2.38. The Labute approximate surface area is 127 Å². The monoisotopic (exact) mass is 338 g/mol. The fourth-order valence-corrected chi connectivity index (χ4v) is 2.75. The van der Waals surface area contributed by atoms with Gasteiger partial charge in [-0.2, -0.15) is 0 Å². The molecule has 0 heterocycles. The van der Waals surface area contributed by atoms with E-state index in [9.17, 15) is 0 Å². The smallest absolute Gasteiger partial charge is 0.0408 e. The largest absolute Gasteiger partial charge is 0.271 e. The summed E-state index contributed by atoms with van der Waals surface area (Å²) in [6, 6.07) is 16.3. The molecule has 0 aliphatic carbocycles. The molecule has 4 heteroatoms. The molecule has 0 spiro atoms. The van der Waals surface area contributed by atoms with Crippen LogP contribution in [-0.4, -0.2) is 6.04 Å². The minimum atomic E-state index is 0.188. The number of rotatable bonds is 5. The zero-order valence-corrected chi connectivity index (χ0v) is 12.8. The first-order chi connectivity index (χ1) is 9.17. The molecule has 2 rings (SSSR count). The highest BCUT2D eigenvalue weighted by Crippen LogP contribution is 2.16. The maximum absolute atomic E-state index is 5.99. The molecular formula is C15H16BrClN2. The third-order valence-electron chi connectivity index (χ3n) is 2.98. The third-order valence-corrected chi connectivity index (χ3v) is 3.71. The first kappa shape index (κ1) is 14.5. The van der Waals surface area contributed by atoms with Crippen molar-refractivity contribution < 1.29 is 0 Å². The Morgan fingerprint density at radius 1 is 1.05 bits per heavy atom. The zero-order chi connectivity index (χ0) is 13.7.